The number of hydrogen-bond donors (Lipinski definition) is 2. The number of esters is 1. The van der Waals surface area contributed by atoms with E-state index in [4.69, 9.17) is 18.9 Å². The SMILES string of the molecule is COC(=O)C1(CC=C(C)C(=O)O)OC(C)(C)C2CC(=O)C=C3C(=O)c4c(O)c(CC=C(C)C)c5c(c4OC321)C(C)(C)C(C)O5. The van der Waals surface area contributed by atoms with E-state index < -0.39 is 45.9 Å². The molecule has 3 heterocycles. The zero-order valence-electron chi connectivity index (χ0n) is 26.7. The minimum Gasteiger partial charge on any atom is -0.507 e. The maximum Gasteiger partial charge on any atom is 0.343 e. The molecule has 0 saturated carbocycles. The monoisotopic (exact) mass is 608 g/mol. The van der Waals surface area contributed by atoms with Gasteiger partial charge < -0.3 is 29.2 Å². The lowest BCUT2D eigenvalue weighted by atomic mass is 9.59. The van der Waals surface area contributed by atoms with Gasteiger partial charge in [0.25, 0.3) is 0 Å². The number of carbonyl (C=O) groups is 4. The van der Waals surface area contributed by atoms with Crippen LogP contribution in [0.15, 0.2) is 34.9 Å². The van der Waals surface area contributed by atoms with Crippen molar-refractivity contribution in [2.75, 3.05) is 7.11 Å². The lowest BCUT2D eigenvalue weighted by molar-refractivity contribution is -0.188. The highest BCUT2D eigenvalue weighted by Crippen LogP contribution is 2.65. The van der Waals surface area contributed by atoms with Crippen molar-refractivity contribution in [3.05, 3.63) is 51.6 Å². The smallest absolute Gasteiger partial charge is 0.343 e. The van der Waals surface area contributed by atoms with E-state index in [1.807, 2.05) is 40.7 Å². The Balaban J connectivity index is 1.91. The van der Waals surface area contributed by atoms with Crippen LogP contribution in [0.25, 0.3) is 0 Å². The highest BCUT2D eigenvalue weighted by molar-refractivity contribution is 6.19. The van der Waals surface area contributed by atoms with Gasteiger partial charge in [0.15, 0.2) is 11.4 Å². The molecule has 1 fully saturated rings. The minimum absolute atomic E-state index is 0.0553. The van der Waals surface area contributed by atoms with Gasteiger partial charge in [-0.05, 0) is 54.0 Å². The summed E-state index contributed by atoms with van der Waals surface area (Å²) < 4.78 is 25.2. The van der Waals surface area contributed by atoms with Crippen LogP contribution in [0.5, 0.6) is 17.2 Å². The molecule has 10 heteroatoms. The van der Waals surface area contributed by atoms with Crippen molar-refractivity contribution in [3.63, 3.8) is 0 Å². The van der Waals surface area contributed by atoms with Crippen LogP contribution in [0.4, 0.5) is 0 Å². The molecule has 1 saturated heterocycles. The third kappa shape index (κ3) is 4.09. The van der Waals surface area contributed by atoms with Gasteiger partial charge in [0, 0.05) is 40.9 Å². The highest BCUT2D eigenvalue weighted by atomic mass is 16.6. The van der Waals surface area contributed by atoms with Crippen molar-refractivity contribution in [2.24, 2.45) is 5.92 Å². The first kappa shape index (κ1) is 31.5. The molecule has 44 heavy (non-hydrogen) atoms. The van der Waals surface area contributed by atoms with Crippen LogP contribution in [0.2, 0.25) is 0 Å². The van der Waals surface area contributed by atoms with Crippen LogP contribution in [-0.4, -0.2) is 63.7 Å². The number of rotatable bonds is 6. The van der Waals surface area contributed by atoms with Gasteiger partial charge >= 0.3 is 11.9 Å². The summed E-state index contributed by atoms with van der Waals surface area (Å²) in [4.78, 5) is 53.8. The van der Waals surface area contributed by atoms with Crippen LogP contribution in [-0.2, 0) is 35.7 Å². The number of fused-ring (bicyclic) bond motifs is 3. The van der Waals surface area contributed by atoms with Crippen molar-refractivity contribution in [1.82, 2.24) is 0 Å². The lowest BCUT2D eigenvalue weighted by Gasteiger charge is -2.50. The van der Waals surface area contributed by atoms with Crippen molar-refractivity contribution in [3.8, 4) is 17.2 Å². The van der Waals surface area contributed by atoms with Gasteiger partial charge in [-0.15, -0.1) is 0 Å². The molecule has 0 bridgehead atoms. The normalized spacial score (nSPS) is 29.3. The fourth-order valence-corrected chi connectivity index (χ4v) is 7.24. The van der Waals surface area contributed by atoms with Gasteiger partial charge in [0.1, 0.15) is 28.9 Å². The minimum atomic E-state index is -2.06. The summed E-state index contributed by atoms with van der Waals surface area (Å²) in [6.45, 7) is 14.4. The fourth-order valence-electron chi connectivity index (χ4n) is 7.24. The van der Waals surface area contributed by atoms with Crippen LogP contribution >= 0.6 is 0 Å². The third-order valence-corrected chi connectivity index (χ3v) is 9.91. The van der Waals surface area contributed by atoms with Crippen molar-refractivity contribution >= 4 is 23.5 Å². The summed E-state index contributed by atoms with van der Waals surface area (Å²) >= 11 is 0. The molecule has 0 aromatic heterocycles. The number of methoxy groups -OCH3 is 1. The number of phenols is 1. The number of phenolic OH excluding ortho intramolecular Hbond substituents is 1. The van der Waals surface area contributed by atoms with Crippen LogP contribution in [0, 0.1) is 5.92 Å². The number of hydrogen-bond acceptors (Lipinski definition) is 9. The number of aliphatic carboxylic acids is 1. The predicted octanol–water partition coefficient (Wildman–Crippen LogP) is 4.93. The molecule has 236 valence electrons. The van der Waals surface area contributed by atoms with Gasteiger partial charge in [0.2, 0.25) is 11.4 Å². The number of carboxylic acids is 1. The molecule has 1 aromatic rings. The topological polar surface area (TPSA) is 146 Å². The van der Waals surface area contributed by atoms with Gasteiger partial charge in [-0.3, -0.25) is 9.59 Å². The van der Waals surface area contributed by atoms with Gasteiger partial charge in [-0.2, -0.15) is 0 Å². The van der Waals surface area contributed by atoms with E-state index >= 15 is 0 Å². The summed E-state index contributed by atoms with van der Waals surface area (Å²) in [5.41, 5.74) is -4.20. The predicted molar refractivity (Wildman–Crippen MR) is 159 cm³/mol. The molecule has 4 atom stereocenters. The standard InChI is InChI=1S/C34H40O10/c1-16(2)10-11-20-25(36)23-26(37)21-14-19(35)15-22-32(7,8)44-33(30(40)41-9,13-12-17(3)29(38)39)34(21,22)43-28(23)24-27(20)42-18(4)31(24,5)6/h10,12,14,18,22,36H,11,13,15H2,1-9H3,(H,38,39). The maximum absolute atomic E-state index is 14.8. The quantitative estimate of drug-likeness (QED) is 0.259. The van der Waals surface area contributed by atoms with Crippen LogP contribution < -0.4 is 9.47 Å². The first-order chi connectivity index (χ1) is 20.4. The van der Waals surface area contributed by atoms with Crippen molar-refractivity contribution in [2.45, 2.75) is 103 Å². The Hall–Kier alpha value is -3.92. The molecule has 5 rings (SSSR count). The van der Waals surface area contributed by atoms with Gasteiger partial charge in [0.05, 0.1) is 18.3 Å². The second-order valence-electron chi connectivity index (χ2n) is 13.6. The molecule has 1 aromatic carbocycles. The number of benzene rings is 1. The maximum atomic E-state index is 14.8. The van der Waals surface area contributed by atoms with Gasteiger partial charge in [-0.25, -0.2) is 9.59 Å². The van der Waals surface area contributed by atoms with E-state index in [9.17, 15) is 29.4 Å². The lowest BCUT2D eigenvalue weighted by Crippen LogP contribution is -2.67. The van der Waals surface area contributed by atoms with Crippen LogP contribution in [0.1, 0.15) is 89.7 Å². The zero-order valence-corrected chi connectivity index (χ0v) is 26.7. The van der Waals surface area contributed by atoms with E-state index in [1.54, 1.807) is 13.8 Å². The average molecular weight is 609 g/mol. The Labute approximate surface area is 256 Å². The summed E-state index contributed by atoms with van der Waals surface area (Å²) in [5, 5.41) is 21.4. The fraction of sp³-hybridized carbons (Fsp3) is 0.529. The molecule has 2 N–H and O–H groups in total. The number of carbonyl (C=O) groups excluding carboxylic acids is 3. The molecule has 3 aliphatic heterocycles. The summed E-state index contributed by atoms with van der Waals surface area (Å²) in [7, 11) is 1.17. The molecule has 0 radical (unpaired) electrons. The zero-order chi connectivity index (χ0) is 32.7. The Bertz CT molecular complexity index is 1600. The second kappa shape index (κ2) is 10.1. The van der Waals surface area contributed by atoms with Crippen LogP contribution in [0.3, 0.4) is 0 Å². The van der Waals surface area contributed by atoms with E-state index in [0.717, 1.165) is 5.57 Å². The average Bonchev–Trinajstić information content (AvgIpc) is 3.28. The number of allylic oxidation sites excluding steroid dienone is 3. The van der Waals surface area contributed by atoms with E-state index in [1.165, 1.54) is 26.2 Å². The summed E-state index contributed by atoms with van der Waals surface area (Å²) in [5.74, 6) is -3.84. The first-order valence-electron chi connectivity index (χ1n) is 14.8. The number of carboxylic acid groups (broad SMARTS) is 1. The number of ether oxygens (including phenoxy) is 4. The molecule has 1 aliphatic carbocycles. The first-order valence-corrected chi connectivity index (χ1v) is 14.8. The van der Waals surface area contributed by atoms with Gasteiger partial charge in [-0.1, -0.05) is 31.6 Å². The number of ketones is 2. The molecule has 0 amide bonds. The van der Waals surface area contributed by atoms with Crippen molar-refractivity contribution < 1.29 is 48.3 Å². The molecule has 4 aliphatic rings. The highest BCUT2D eigenvalue weighted by Gasteiger charge is 2.78. The number of aromatic hydroxyl groups is 1. The summed E-state index contributed by atoms with van der Waals surface area (Å²) in [6.07, 6.45) is 3.91. The molecular formula is C34H40O10. The summed E-state index contributed by atoms with van der Waals surface area (Å²) in [6, 6.07) is 0. The second-order valence-corrected chi connectivity index (χ2v) is 13.6. The molecule has 4 unspecified atom stereocenters. The van der Waals surface area contributed by atoms with E-state index in [2.05, 4.69) is 0 Å². The third-order valence-electron chi connectivity index (χ3n) is 9.91. The van der Waals surface area contributed by atoms with E-state index in [0.29, 0.717) is 16.9 Å². The Kier molecular flexibility index (Phi) is 7.20. The molecular weight excluding hydrogens is 568 g/mol. The Morgan fingerprint density at radius 2 is 1.75 bits per heavy atom. The Morgan fingerprint density at radius 1 is 1.09 bits per heavy atom. The molecule has 10 nitrogen and oxygen atoms in total. The molecule has 1 spiro atoms. The Morgan fingerprint density at radius 3 is 2.34 bits per heavy atom. The van der Waals surface area contributed by atoms with Crippen molar-refractivity contribution in [1.29, 1.82) is 0 Å². The van der Waals surface area contributed by atoms with E-state index in [-0.39, 0.29) is 59.4 Å². The largest absolute Gasteiger partial charge is 0.507 e. The number of Topliss-reactive ketones (excluding diaryl/α,β-unsaturated/α-hetero) is 1.